The standard InChI is InChI=1S/C11H16BrN3/c1-8(9-2-4-13-5-3-9)11-14-6-10(12)7-15-11/h6-9,13H,2-5H2,1H3. The van der Waals surface area contributed by atoms with Crippen molar-refractivity contribution in [3.05, 3.63) is 22.7 Å². The van der Waals surface area contributed by atoms with Crippen molar-refractivity contribution < 1.29 is 0 Å². The molecule has 0 radical (unpaired) electrons. The molecule has 0 saturated carbocycles. The molecule has 1 aromatic heterocycles. The number of aromatic nitrogens is 2. The van der Waals surface area contributed by atoms with E-state index in [4.69, 9.17) is 0 Å². The van der Waals surface area contributed by atoms with Crippen molar-refractivity contribution in [1.29, 1.82) is 0 Å². The lowest BCUT2D eigenvalue weighted by molar-refractivity contribution is 0.322. The number of hydrogen-bond donors (Lipinski definition) is 1. The van der Waals surface area contributed by atoms with Crippen LogP contribution >= 0.6 is 15.9 Å². The third-order valence-corrected chi connectivity index (χ3v) is 3.55. The van der Waals surface area contributed by atoms with Crippen molar-refractivity contribution in [3.63, 3.8) is 0 Å². The maximum Gasteiger partial charge on any atom is 0.131 e. The minimum atomic E-state index is 0.472. The molecule has 1 unspecified atom stereocenters. The summed E-state index contributed by atoms with van der Waals surface area (Å²) in [6, 6.07) is 0. The summed E-state index contributed by atoms with van der Waals surface area (Å²) in [5, 5.41) is 3.38. The zero-order valence-corrected chi connectivity index (χ0v) is 10.5. The summed E-state index contributed by atoms with van der Waals surface area (Å²) in [5.41, 5.74) is 0. The molecule has 1 saturated heterocycles. The third kappa shape index (κ3) is 2.75. The highest BCUT2D eigenvalue weighted by molar-refractivity contribution is 9.10. The Kier molecular flexibility index (Phi) is 3.70. The van der Waals surface area contributed by atoms with Gasteiger partial charge in [0.15, 0.2) is 0 Å². The number of halogens is 1. The lowest BCUT2D eigenvalue weighted by Gasteiger charge is -2.27. The fourth-order valence-electron chi connectivity index (χ4n) is 2.11. The van der Waals surface area contributed by atoms with E-state index in [0.717, 1.165) is 29.3 Å². The van der Waals surface area contributed by atoms with E-state index in [0.29, 0.717) is 5.92 Å². The van der Waals surface area contributed by atoms with Gasteiger partial charge in [-0.25, -0.2) is 9.97 Å². The normalized spacial score (nSPS) is 20.1. The second-order valence-electron chi connectivity index (χ2n) is 4.14. The zero-order valence-electron chi connectivity index (χ0n) is 8.91. The van der Waals surface area contributed by atoms with Gasteiger partial charge in [-0.2, -0.15) is 0 Å². The summed E-state index contributed by atoms with van der Waals surface area (Å²) in [6.45, 7) is 4.50. The Hall–Kier alpha value is -0.480. The monoisotopic (exact) mass is 269 g/mol. The smallest absolute Gasteiger partial charge is 0.131 e. The van der Waals surface area contributed by atoms with Gasteiger partial charge in [0.25, 0.3) is 0 Å². The molecule has 2 rings (SSSR count). The first kappa shape index (κ1) is 11.0. The molecule has 4 heteroatoms. The van der Waals surface area contributed by atoms with Crippen LogP contribution in [0, 0.1) is 5.92 Å². The Morgan fingerprint density at radius 1 is 1.33 bits per heavy atom. The van der Waals surface area contributed by atoms with Gasteiger partial charge in [-0.05, 0) is 47.8 Å². The van der Waals surface area contributed by atoms with Crippen molar-refractivity contribution >= 4 is 15.9 Å². The van der Waals surface area contributed by atoms with E-state index in [1.807, 2.05) is 12.4 Å². The molecule has 0 aromatic carbocycles. The minimum Gasteiger partial charge on any atom is -0.317 e. The Labute approximate surface area is 98.8 Å². The van der Waals surface area contributed by atoms with Crippen LogP contribution in [-0.2, 0) is 0 Å². The number of nitrogens with one attached hydrogen (secondary N) is 1. The van der Waals surface area contributed by atoms with E-state index >= 15 is 0 Å². The van der Waals surface area contributed by atoms with Crippen LogP contribution in [0.4, 0.5) is 0 Å². The Balaban J connectivity index is 2.05. The number of piperidine rings is 1. The SMILES string of the molecule is CC(c1ncc(Br)cn1)C1CCNCC1. The molecule has 2 heterocycles. The summed E-state index contributed by atoms with van der Waals surface area (Å²) < 4.78 is 0.948. The van der Waals surface area contributed by atoms with Gasteiger partial charge in [0.2, 0.25) is 0 Å². The van der Waals surface area contributed by atoms with Crippen molar-refractivity contribution in [3.8, 4) is 0 Å². The Morgan fingerprint density at radius 3 is 2.53 bits per heavy atom. The molecule has 1 aromatic rings. The van der Waals surface area contributed by atoms with Crippen molar-refractivity contribution in [2.24, 2.45) is 5.92 Å². The predicted molar refractivity (Wildman–Crippen MR) is 63.7 cm³/mol. The summed E-state index contributed by atoms with van der Waals surface area (Å²) >= 11 is 3.36. The van der Waals surface area contributed by atoms with Gasteiger partial charge in [0.1, 0.15) is 5.82 Å². The molecule has 3 nitrogen and oxygen atoms in total. The molecule has 1 atom stereocenters. The first-order chi connectivity index (χ1) is 7.27. The highest BCUT2D eigenvalue weighted by Crippen LogP contribution is 2.28. The molecular weight excluding hydrogens is 254 g/mol. The molecule has 1 aliphatic heterocycles. The van der Waals surface area contributed by atoms with Crippen LogP contribution in [0.25, 0.3) is 0 Å². The average Bonchev–Trinajstić information content (AvgIpc) is 2.30. The topological polar surface area (TPSA) is 37.8 Å². The molecule has 0 amide bonds. The first-order valence-electron chi connectivity index (χ1n) is 5.45. The largest absolute Gasteiger partial charge is 0.317 e. The molecule has 0 bridgehead atoms. The Morgan fingerprint density at radius 2 is 1.93 bits per heavy atom. The van der Waals surface area contributed by atoms with Gasteiger partial charge in [0.05, 0.1) is 4.47 Å². The molecule has 1 aliphatic rings. The lowest BCUT2D eigenvalue weighted by Crippen LogP contribution is -2.30. The van der Waals surface area contributed by atoms with Gasteiger partial charge in [-0.1, -0.05) is 6.92 Å². The quantitative estimate of drug-likeness (QED) is 0.896. The number of rotatable bonds is 2. The van der Waals surface area contributed by atoms with Crippen LogP contribution in [0.3, 0.4) is 0 Å². The summed E-state index contributed by atoms with van der Waals surface area (Å²) in [5.74, 6) is 2.18. The first-order valence-corrected chi connectivity index (χ1v) is 6.25. The minimum absolute atomic E-state index is 0.472. The molecule has 15 heavy (non-hydrogen) atoms. The molecular formula is C11H16BrN3. The maximum atomic E-state index is 4.37. The van der Waals surface area contributed by atoms with Crippen LogP contribution < -0.4 is 5.32 Å². The van der Waals surface area contributed by atoms with Crippen LogP contribution in [0.1, 0.15) is 31.5 Å². The molecule has 0 aliphatic carbocycles. The zero-order chi connectivity index (χ0) is 10.7. The average molecular weight is 270 g/mol. The second kappa shape index (κ2) is 5.03. The summed E-state index contributed by atoms with van der Waals surface area (Å²) in [7, 11) is 0. The van der Waals surface area contributed by atoms with E-state index in [2.05, 4.69) is 38.1 Å². The van der Waals surface area contributed by atoms with Gasteiger partial charge >= 0.3 is 0 Å². The van der Waals surface area contributed by atoms with E-state index < -0.39 is 0 Å². The molecule has 0 spiro atoms. The van der Waals surface area contributed by atoms with Crippen molar-refractivity contribution in [1.82, 2.24) is 15.3 Å². The van der Waals surface area contributed by atoms with E-state index in [1.54, 1.807) is 0 Å². The molecule has 1 N–H and O–H groups in total. The van der Waals surface area contributed by atoms with Gasteiger partial charge in [-0.3, -0.25) is 0 Å². The van der Waals surface area contributed by atoms with Gasteiger partial charge < -0.3 is 5.32 Å². The molecule has 82 valence electrons. The fraction of sp³-hybridized carbons (Fsp3) is 0.636. The van der Waals surface area contributed by atoms with Crippen LogP contribution in [0.5, 0.6) is 0 Å². The van der Waals surface area contributed by atoms with E-state index in [9.17, 15) is 0 Å². The second-order valence-corrected chi connectivity index (χ2v) is 5.05. The van der Waals surface area contributed by atoms with Gasteiger partial charge in [0, 0.05) is 18.3 Å². The van der Waals surface area contributed by atoms with Crippen molar-refractivity contribution in [2.45, 2.75) is 25.7 Å². The van der Waals surface area contributed by atoms with Crippen LogP contribution in [-0.4, -0.2) is 23.1 Å². The summed E-state index contributed by atoms with van der Waals surface area (Å²) in [6.07, 6.45) is 6.14. The van der Waals surface area contributed by atoms with Gasteiger partial charge in [-0.15, -0.1) is 0 Å². The lowest BCUT2D eigenvalue weighted by atomic mass is 9.85. The highest BCUT2D eigenvalue weighted by Gasteiger charge is 2.22. The van der Waals surface area contributed by atoms with E-state index in [-0.39, 0.29) is 0 Å². The highest BCUT2D eigenvalue weighted by atomic mass is 79.9. The summed E-state index contributed by atoms with van der Waals surface area (Å²) in [4.78, 5) is 8.75. The maximum absolute atomic E-state index is 4.37. The van der Waals surface area contributed by atoms with E-state index in [1.165, 1.54) is 12.8 Å². The Bertz CT molecular complexity index is 306. The number of nitrogens with zero attached hydrogens (tertiary/aromatic N) is 2. The van der Waals surface area contributed by atoms with Crippen LogP contribution in [0.15, 0.2) is 16.9 Å². The van der Waals surface area contributed by atoms with Crippen LogP contribution in [0.2, 0.25) is 0 Å². The molecule has 1 fully saturated rings. The number of hydrogen-bond acceptors (Lipinski definition) is 3. The fourth-order valence-corrected chi connectivity index (χ4v) is 2.32. The predicted octanol–water partition coefficient (Wildman–Crippen LogP) is 2.34. The van der Waals surface area contributed by atoms with Crippen molar-refractivity contribution in [2.75, 3.05) is 13.1 Å². The third-order valence-electron chi connectivity index (χ3n) is 3.14.